The highest BCUT2D eigenvalue weighted by Gasteiger charge is 2.29. The molecular weight excluding hydrogens is 615 g/mol. The summed E-state index contributed by atoms with van der Waals surface area (Å²) in [7, 11) is 0. The number of carboxylic acid groups (broad SMARTS) is 1. The van der Waals surface area contributed by atoms with E-state index in [0.717, 1.165) is 11.1 Å². The Kier molecular flexibility index (Phi) is 12.1. The number of esters is 1. The molecule has 1 heterocycles. The van der Waals surface area contributed by atoms with E-state index in [1.54, 1.807) is 56.3 Å². The Hall–Kier alpha value is -5.06. The van der Waals surface area contributed by atoms with Crippen LogP contribution in [0.25, 0.3) is 28.3 Å². The monoisotopic (exact) mass is 655 g/mol. The first-order valence-corrected chi connectivity index (χ1v) is 15.8. The molecule has 252 valence electrons. The molecule has 0 bridgehead atoms. The summed E-state index contributed by atoms with van der Waals surface area (Å²) >= 11 is 0. The standard InChI is InChI=1S/C38H41FN2O7/c1-23(2)41-32(19-18-30(42)20-31(43)21-33(44)45)34(27-14-16-29(39)17-15-27)35(26-8-6-5-7-9-26)36(41)37(46)40-22-25-10-12-28(13-11-25)38(47)48-24(3)4/h5-19,23-24,30-31,42-43H,20-22H2,1-4H3,(H,40,46)(H,44,45)/p-1/b19-18+/t30-,31-/m1/s1. The van der Waals surface area contributed by atoms with Crippen LogP contribution in [0.1, 0.15) is 78.7 Å². The Balaban J connectivity index is 1.82. The third-order valence-electron chi connectivity index (χ3n) is 7.55. The highest BCUT2D eigenvalue weighted by molar-refractivity contribution is 6.06. The first kappa shape index (κ1) is 35.8. The van der Waals surface area contributed by atoms with Gasteiger partial charge in [-0.3, -0.25) is 4.79 Å². The van der Waals surface area contributed by atoms with E-state index in [1.807, 2.05) is 48.7 Å². The fraction of sp³-hybridized carbons (Fsp3) is 0.289. The van der Waals surface area contributed by atoms with Crippen molar-refractivity contribution in [3.63, 3.8) is 0 Å². The SMILES string of the molecule is CC(C)OC(=O)c1ccc(CNC(=O)c2c(-c3ccccc3)c(-c3ccc(F)cc3)c(/C=C/[C@@H](O)C[C@@H](O)CC(=O)[O-])n2C(C)C)cc1. The number of carboxylic acids is 1. The number of ether oxygens (including phenoxy) is 1. The van der Waals surface area contributed by atoms with E-state index in [0.29, 0.717) is 33.6 Å². The molecule has 0 radical (unpaired) electrons. The molecule has 0 aliphatic heterocycles. The van der Waals surface area contributed by atoms with E-state index < -0.39 is 42.3 Å². The van der Waals surface area contributed by atoms with E-state index in [4.69, 9.17) is 4.74 Å². The predicted octanol–water partition coefficient (Wildman–Crippen LogP) is 5.30. The maximum absolute atomic E-state index is 14.2. The molecule has 1 amide bonds. The fourth-order valence-electron chi connectivity index (χ4n) is 5.47. The zero-order valence-corrected chi connectivity index (χ0v) is 27.4. The van der Waals surface area contributed by atoms with Crippen LogP contribution in [0.2, 0.25) is 0 Å². The first-order chi connectivity index (χ1) is 22.8. The van der Waals surface area contributed by atoms with Crippen LogP contribution in [0.15, 0.2) is 84.9 Å². The van der Waals surface area contributed by atoms with Crippen LogP contribution in [-0.2, 0) is 16.1 Å². The van der Waals surface area contributed by atoms with Gasteiger partial charge in [0.2, 0.25) is 0 Å². The molecule has 9 nitrogen and oxygen atoms in total. The normalized spacial score (nSPS) is 12.8. The predicted molar refractivity (Wildman–Crippen MR) is 179 cm³/mol. The zero-order valence-electron chi connectivity index (χ0n) is 27.4. The number of carbonyl (C=O) groups is 3. The second-order valence-corrected chi connectivity index (χ2v) is 12.0. The minimum Gasteiger partial charge on any atom is -0.550 e. The number of aliphatic hydroxyl groups is 2. The van der Waals surface area contributed by atoms with Gasteiger partial charge in [-0.25, -0.2) is 9.18 Å². The number of nitrogens with one attached hydrogen (secondary N) is 1. The van der Waals surface area contributed by atoms with Gasteiger partial charge in [-0.1, -0.05) is 60.7 Å². The zero-order chi connectivity index (χ0) is 35.0. The van der Waals surface area contributed by atoms with Gasteiger partial charge in [0.05, 0.1) is 23.9 Å². The quantitative estimate of drug-likeness (QED) is 0.157. The van der Waals surface area contributed by atoms with Gasteiger partial charge in [-0.2, -0.15) is 0 Å². The number of hydrogen-bond donors (Lipinski definition) is 3. The lowest BCUT2D eigenvalue weighted by atomic mass is 9.94. The summed E-state index contributed by atoms with van der Waals surface area (Å²) < 4.78 is 21.2. The van der Waals surface area contributed by atoms with Crippen molar-refractivity contribution in [3.05, 3.63) is 113 Å². The second kappa shape index (κ2) is 16.2. The largest absolute Gasteiger partial charge is 0.550 e. The van der Waals surface area contributed by atoms with Gasteiger partial charge in [0.25, 0.3) is 5.91 Å². The van der Waals surface area contributed by atoms with Gasteiger partial charge in [0, 0.05) is 48.2 Å². The molecular formula is C38H40FN2O7-. The Labute approximate surface area is 279 Å². The number of aliphatic hydroxyl groups excluding tert-OH is 2. The van der Waals surface area contributed by atoms with E-state index in [2.05, 4.69) is 5.32 Å². The average Bonchev–Trinajstić information content (AvgIpc) is 3.38. The molecule has 3 aromatic carbocycles. The van der Waals surface area contributed by atoms with Crippen molar-refractivity contribution in [1.29, 1.82) is 0 Å². The summed E-state index contributed by atoms with van der Waals surface area (Å²) in [6.45, 7) is 7.52. The van der Waals surface area contributed by atoms with Gasteiger partial charge in [0.15, 0.2) is 0 Å². The van der Waals surface area contributed by atoms with Gasteiger partial charge in [-0.05, 0) is 74.7 Å². The van der Waals surface area contributed by atoms with Gasteiger partial charge in [0.1, 0.15) is 11.5 Å². The molecule has 1 aromatic heterocycles. The van der Waals surface area contributed by atoms with Gasteiger partial charge >= 0.3 is 5.97 Å². The summed E-state index contributed by atoms with van der Waals surface area (Å²) in [5, 5.41) is 34.7. The van der Waals surface area contributed by atoms with Crippen LogP contribution in [0.5, 0.6) is 0 Å². The Morgan fingerprint density at radius 3 is 2.10 bits per heavy atom. The Morgan fingerprint density at radius 2 is 1.52 bits per heavy atom. The number of amides is 1. The maximum Gasteiger partial charge on any atom is 0.338 e. The maximum atomic E-state index is 14.2. The van der Waals surface area contributed by atoms with Crippen molar-refractivity contribution in [3.8, 4) is 22.3 Å². The third-order valence-corrected chi connectivity index (χ3v) is 7.55. The number of aromatic nitrogens is 1. The molecule has 48 heavy (non-hydrogen) atoms. The minimum absolute atomic E-state index is 0.155. The molecule has 0 aliphatic carbocycles. The van der Waals surface area contributed by atoms with E-state index >= 15 is 0 Å². The topological polar surface area (TPSA) is 141 Å². The highest BCUT2D eigenvalue weighted by atomic mass is 19.1. The van der Waals surface area contributed by atoms with E-state index in [9.17, 15) is 34.1 Å². The summed E-state index contributed by atoms with van der Waals surface area (Å²) in [4.78, 5) is 37.4. The number of hydrogen-bond acceptors (Lipinski definition) is 7. The van der Waals surface area contributed by atoms with E-state index in [1.165, 1.54) is 18.2 Å². The van der Waals surface area contributed by atoms with Crippen molar-refractivity contribution >= 4 is 23.9 Å². The van der Waals surface area contributed by atoms with Gasteiger partial charge < -0.3 is 34.7 Å². The molecule has 0 spiro atoms. The molecule has 3 N–H and O–H groups in total. The van der Waals surface area contributed by atoms with Crippen LogP contribution < -0.4 is 10.4 Å². The van der Waals surface area contributed by atoms with Crippen molar-refractivity contribution in [2.75, 3.05) is 0 Å². The molecule has 4 rings (SSSR count). The minimum atomic E-state index is -1.43. The van der Waals surface area contributed by atoms with Crippen molar-refractivity contribution in [1.82, 2.24) is 9.88 Å². The number of carbonyl (C=O) groups excluding carboxylic acids is 3. The number of nitrogens with zero attached hydrogens (tertiary/aromatic N) is 1. The fourth-order valence-corrected chi connectivity index (χ4v) is 5.47. The molecule has 0 fully saturated rings. The molecule has 2 atom stereocenters. The highest BCUT2D eigenvalue weighted by Crippen LogP contribution is 2.42. The summed E-state index contributed by atoms with van der Waals surface area (Å²) in [6.07, 6.45) is -0.591. The Bertz CT molecular complexity index is 1740. The van der Waals surface area contributed by atoms with Crippen LogP contribution in [0, 0.1) is 5.82 Å². The van der Waals surface area contributed by atoms with Gasteiger partial charge in [-0.15, -0.1) is 0 Å². The molecule has 4 aromatic rings. The van der Waals surface area contributed by atoms with Crippen LogP contribution in [-0.4, -0.2) is 50.9 Å². The molecule has 0 aliphatic rings. The summed E-state index contributed by atoms with van der Waals surface area (Å²) in [5.74, 6) is -2.69. The van der Waals surface area contributed by atoms with Crippen molar-refractivity contribution < 1.29 is 38.8 Å². The summed E-state index contributed by atoms with van der Waals surface area (Å²) in [6, 6.07) is 21.7. The summed E-state index contributed by atoms with van der Waals surface area (Å²) in [5.41, 5.74) is 4.59. The number of benzene rings is 3. The molecule has 0 unspecified atom stereocenters. The van der Waals surface area contributed by atoms with E-state index in [-0.39, 0.29) is 25.1 Å². The number of halogens is 1. The molecule has 0 saturated carbocycles. The van der Waals surface area contributed by atoms with Crippen LogP contribution in [0.4, 0.5) is 4.39 Å². The molecule has 10 heteroatoms. The molecule has 0 saturated heterocycles. The number of rotatable bonds is 14. The average molecular weight is 656 g/mol. The van der Waals surface area contributed by atoms with Crippen molar-refractivity contribution in [2.24, 2.45) is 0 Å². The van der Waals surface area contributed by atoms with Crippen LogP contribution in [0.3, 0.4) is 0 Å². The van der Waals surface area contributed by atoms with Crippen molar-refractivity contribution in [2.45, 2.75) is 71.4 Å². The lowest BCUT2D eigenvalue weighted by Gasteiger charge is -2.18. The lowest BCUT2D eigenvalue weighted by molar-refractivity contribution is -0.307. The Morgan fingerprint density at radius 1 is 0.896 bits per heavy atom. The van der Waals surface area contributed by atoms with Crippen LogP contribution >= 0.6 is 0 Å². The third kappa shape index (κ3) is 9.05. The number of aliphatic carboxylic acids is 1. The lowest BCUT2D eigenvalue weighted by Crippen LogP contribution is -2.29. The first-order valence-electron chi connectivity index (χ1n) is 15.8. The second-order valence-electron chi connectivity index (χ2n) is 12.0. The smallest absolute Gasteiger partial charge is 0.338 e.